The number of benzene rings is 6. The molecule has 41 heavy (non-hydrogen) atoms. The van der Waals surface area contributed by atoms with Crippen LogP contribution in [-0.4, -0.2) is 9.13 Å². The summed E-state index contributed by atoms with van der Waals surface area (Å²) in [5.41, 5.74) is 8.76. The summed E-state index contributed by atoms with van der Waals surface area (Å²) in [4.78, 5) is 0. The van der Waals surface area contributed by atoms with Gasteiger partial charge in [0.2, 0.25) is 0 Å². The van der Waals surface area contributed by atoms with E-state index in [1.54, 1.807) is 6.07 Å². The Morgan fingerprint density at radius 3 is 1.80 bits per heavy atom. The normalized spacial score (nSPS) is 11.9. The minimum absolute atomic E-state index is 0.547. The summed E-state index contributed by atoms with van der Waals surface area (Å²) in [5.74, 6) is 0. The molecule has 6 aromatic carbocycles. The van der Waals surface area contributed by atoms with Crippen LogP contribution < -0.4 is 0 Å². The van der Waals surface area contributed by atoms with Crippen molar-refractivity contribution in [2.45, 2.75) is 0 Å². The SMILES string of the molecule is N#Cc1cccc2c1oc1ccc(-n3c4ccccc4c4cccc(-n5c6ccccc6c6ccccc65)c43)cc12. The van der Waals surface area contributed by atoms with Gasteiger partial charge in [-0.1, -0.05) is 78.9 Å². The largest absolute Gasteiger partial charge is 0.455 e. The van der Waals surface area contributed by atoms with Crippen molar-refractivity contribution in [3.63, 3.8) is 0 Å². The van der Waals surface area contributed by atoms with Gasteiger partial charge in [0.25, 0.3) is 0 Å². The molecular formula is C37H21N3O. The van der Waals surface area contributed by atoms with Crippen LogP contribution in [0.25, 0.3) is 76.9 Å². The Labute approximate surface area is 234 Å². The maximum absolute atomic E-state index is 9.66. The first-order chi connectivity index (χ1) is 20.3. The Morgan fingerprint density at radius 1 is 0.512 bits per heavy atom. The van der Waals surface area contributed by atoms with E-state index in [1.165, 1.54) is 32.6 Å². The fourth-order valence-corrected chi connectivity index (χ4v) is 6.64. The molecule has 0 aliphatic rings. The number of fused-ring (bicyclic) bond motifs is 9. The third-order valence-corrected chi connectivity index (χ3v) is 8.35. The van der Waals surface area contributed by atoms with Crippen molar-refractivity contribution in [1.82, 2.24) is 9.13 Å². The molecule has 0 saturated heterocycles. The lowest BCUT2D eigenvalue weighted by Crippen LogP contribution is -2.00. The second-order valence-corrected chi connectivity index (χ2v) is 10.5. The van der Waals surface area contributed by atoms with Crippen molar-refractivity contribution in [1.29, 1.82) is 5.26 Å². The fourth-order valence-electron chi connectivity index (χ4n) is 6.64. The molecule has 0 fully saturated rings. The molecule has 0 aliphatic carbocycles. The zero-order valence-electron chi connectivity index (χ0n) is 21.9. The van der Waals surface area contributed by atoms with Crippen molar-refractivity contribution in [2.24, 2.45) is 0 Å². The summed E-state index contributed by atoms with van der Waals surface area (Å²) in [5, 5.41) is 16.5. The molecule has 190 valence electrons. The number of para-hydroxylation sites is 5. The van der Waals surface area contributed by atoms with Gasteiger partial charge in [-0.3, -0.25) is 0 Å². The maximum Gasteiger partial charge on any atom is 0.153 e. The number of hydrogen-bond donors (Lipinski definition) is 0. The van der Waals surface area contributed by atoms with Gasteiger partial charge in [0.1, 0.15) is 11.7 Å². The third kappa shape index (κ3) is 2.92. The molecule has 4 nitrogen and oxygen atoms in total. The lowest BCUT2D eigenvalue weighted by atomic mass is 10.1. The van der Waals surface area contributed by atoms with E-state index in [-0.39, 0.29) is 0 Å². The van der Waals surface area contributed by atoms with Gasteiger partial charge in [0, 0.05) is 38.0 Å². The Hall–Kier alpha value is -5.79. The van der Waals surface area contributed by atoms with Crippen LogP contribution >= 0.6 is 0 Å². The molecule has 0 saturated carbocycles. The Morgan fingerprint density at radius 2 is 1.10 bits per heavy atom. The van der Waals surface area contributed by atoms with E-state index in [1.807, 2.05) is 18.2 Å². The molecule has 9 aromatic rings. The molecule has 0 amide bonds. The summed E-state index contributed by atoms with van der Waals surface area (Å²) < 4.78 is 10.9. The Kier molecular flexibility index (Phi) is 4.37. The number of aromatic nitrogens is 2. The molecule has 3 aromatic heterocycles. The van der Waals surface area contributed by atoms with E-state index in [4.69, 9.17) is 4.42 Å². The predicted molar refractivity (Wildman–Crippen MR) is 167 cm³/mol. The first-order valence-corrected chi connectivity index (χ1v) is 13.7. The zero-order valence-corrected chi connectivity index (χ0v) is 21.9. The number of rotatable bonds is 2. The van der Waals surface area contributed by atoms with E-state index in [9.17, 15) is 5.26 Å². The minimum atomic E-state index is 0.547. The Bertz CT molecular complexity index is 2500. The van der Waals surface area contributed by atoms with Gasteiger partial charge in [-0.15, -0.1) is 0 Å². The van der Waals surface area contributed by atoms with Gasteiger partial charge in [-0.25, -0.2) is 0 Å². The second-order valence-electron chi connectivity index (χ2n) is 10.5. The molecule has 4 heteroatoms. The van der Waals surface area contributed by atoms with Gasteiger partial charge in [-0.05, 0) is 48.5 Å². The monoisotopic (exact) mass is 523 g/mol. The van der Waals surface area contributed by atoms with E-state index in [0.29, 0.717) is 11.1 Å². The smallest absolute Gasteiger partial charge is 0.153 e. The van der Waals surface area contributed by atoms with Crippen molar-refractivity contribution in [3.05, 3.63) is 133 Å². The van der Waals surface area contributed by atoms with E-state index in [2.05, 4.69) is 118 Å². The zero-order chi connectivity index (χ0) is 27.1. The van der Waals surface area contributed by atoms with Gasteiger partial charge < -0.3 is 13.6 Å². The predicted octanol–water partition coefficient (Wildman–Crippen LogP) is 9.65. The summed E-state index contributed by atoms with van der Waals surface area (Å²) in [6, 6.07) is 46.8. The topological polar surface area (TPSA) is 46.8 Å². The molecular weight excluding hydrogens is 502 g/mol. The maximum atomic E-state index is 9.66. The minimum Gasteiger partial charge on any atom is -0.455 e. The van der Waals surface area contributed by atoms with Crippen LogP contribution in [0.1, 0.15) is 5.56 Å². The Balaban J connectivity index is 1.44. The van der Waals surface area contributed by atoms with E-state index in [0.717, 1.165) is 38.8 Å². The highest BCUT2D eigenvalue weighted by atomic mass is 16.3. The summed E-state index contributed by atoms with van der Waals surface area (Å²) in [7, 11) is 0. The highest BCUT2D eigenvalue weighted by Gasteiger charge is 2.20. The quantitative estimate of drug-likeness (QED) is 0.226. The number of hydrogen-bond acceptors (Lipinski definition) is 2. The van der Waals surface area contributed by atoms with Crippen LogP contribution in [0, 0.1) is 11.3 Å². The van der Waals surface area contributed by atoms with Crippen molar-refractivity contribution < 1.29 is 4.42 Å². The lowest BCUT2D eigenvalue weighted by Gasteiger charge is -2.14. The van der Waals surface area contributed by atoms with Gasteiger partial charge >= 0.3 is 0 Å². The first kappa shape index (κ1) is 22.1. The van der Waals surface area contributed by atoms with Gasteiger partial charge in [0.15, 0.2) is 5.58 Å². The molecule has 3 heterocycles. The molecule has 0 unspecified atom stereocenters. The van der Waals surface area contributed by atoms with Crippen LogP contribution in [0.4, 0.5) is 0 Å². The molecule has 0 spiro atoms. The summed E-state index contributed by atoms with van der Waals surface area (Å²) in [6.07, 6.45) is 0. The molecule has 0 radical (unpaired) electrons. The number of furan rings is 1. The van der Waals surface area contributed by atoms with E-state index < -0.39 is 0 Å². The van der Waals surface area contributed by atoms with Crippen LogP contribution in [0.3, 0.4) is 0 Å². The fraction of sp³-hybridized carbons (Fsp3) is 0. The average molecular weight is 524 g/mol. The molecule has 0 atom stereocenters. The molecule has 0 bridgehead atoms. The van der Waals surface area contributed by atoms with Crippen LogP contribution in [0.2, 0.25) is 0 Å². The summed E-state index contributed by atoms with van der Waals surface area (Å²) >= 11 is 0. The second kappa shape index (κ2) is 8.11. The number of nitriles is 1. The average Bonchev–Trinajstić information content (AvgIpc) is 3.68. The standard InChI is InChI=1S/C37H21N3O/c38-22-23-9-7-14-29-30-21-24(19-20-35(30)41-37(23)29)39-31-15-4-3-12-27(31)28-13-8-18-34(36(28)39)40-32-16-5-1-10-25(32)26-11-2-6-17-33(26)40/h1-21H. The van der Waals surface area contributed by atoms with Crippen LogP contribution in [0.15, 0.2) is 132 Å². The third-order valence-electron chi connectivity index (χ3n) is 8.35. The van der Waals surface area contributed by atoms with E-state index >= 15 is 0 Å². The van der Waals surface area contributed by atoms with Crippen LogP contribution in [0.5, 0.6) is 0 Å². The van der Waals surface area contributed by atoms with Gasteiger partial charge in [0.05, 0.1) is 33.3 Å². The van der Waals surface area contributed by atoms with Crippen molar-refractivity contribution in [3.8, 4) is 17.4 Å². The molecule has 9 rings (SSSR count). The lowest BCUT2D eigenvalue weighted by molar-refractivity contribution is 0.667. The highest BCUT2D eigenvalue weighted by Crippen LogP contribution is 2.40. The number of nitrogens with zero attached hydrogens (tertiary/aromatic N) is 3. The first-order valence-electron chi connectivity index (χ1n) is 13.7. The highest BCUT2D eigenvalue weighted by molar-refractivity contribution is 6.15. The molecule has 0 N–H and O–H groups in total. The van der Waals surface area contributed by atoms with Gasteiger partial charge in [-0.2, -0.15) is 5.26 Å². The summed E-state index contributed by atoms with van der Waals surface area (Å²) in [6.45, 7) is 0. The van der Waals surface area contributed by atoms with Crippen LogP contribution in [-0.2, 0) is 0 Å². The van der Waals surface area contributed by atoms with Crippen molar-refractivity contribution in [2.75, 3.05) is 0 Å². The van der Waals surface area contributed by atoms with Crippen molar-refractivity contribution >= 4 is 65.6 Å². The molecule has 0 aliphatic heterocycles.